The molecule has 2 N–H and O–H groups in total. The number of hydrogen-bond acceptors (Lipinski definition) is 4. The van der Waals surface area contributed by atoms with Crippen LogP contribution < -0.4 is 5.32 Å². The van der Waals surface area contributed by atoms with Gasteiger partial charge in [-0.3, -0.25) is 14.9 Å². The molecule has 0 aromatic heterocycles. The minimum absolute atomic E-state index is 0.111. The maximum absolute atomic E-state index is 12.2. The van der Waals surface area contributed by atoms with E-state index in [1.807, 2.05) is 0 Å². The molecule has 21 heavy (non-hydrogen) atoms. The van der Waals surface area contributed by atoms with Gasteiger partial charge in [0, 0.05) is 6.07 Å². The van der Waals surface area contributed by atoms with Gasteiger partial charge in [0.25, 0.3) is 11.6 Å². The van der Waals surface area contributed by atoms with Crippen molar-refractivity contribution in [2.45, 2.75) is 26.8 Å². The Morgan fingerprint density at radius 1 is 1.38 bits per heavy atom. The summed E-state index contributed by atoms with van der Waals surface area (Å²) in [5.74, 6) is -2.12. The third kappa shape index (κ3) is 3.91. The minimum Gasteiger partial charge on any atom is -0.480 e. The van der Waals surface area contributed by atoms with Gasteiger partial charge in [-0.2, -0.15) is 0 Å². The molecule has 0 saturated carbocycles. The minimum atomic E-state index is -1.23. The largest absolute Gasteiger partial charge is 0.480 e. The summed E-state index contributed by atoms with van der Waals surface area (Å²) in [5, 5.41) is 22.3. The van der Waals surface area contributed by atoms with Crippen LogP contribution in [-0.2, 0) is 4.79 Å². The van der Waals surface area contributed by atoms with Gasteiger partial charge in [0.15, 0.2) is 0 Å². The van der Waals surface area contributed by atoms with Crippen LogP contribution in [0.5, 0.6) is 0 Å². The molecular weight excluding hydrogens is 300 g/mol. The van der Waals surface area contributed by atoms with Gasteiger partial charge in [-0.25, -0.2) is 4.79 Å². The molecule has 1 rings (SSSR count). The molecule has 8 heteroatoms. The lowest BCUT2D eigenvalue weighted by Gasteiger charge is -2.27. The number of rotatable bonds is 4. The molecule has 1 amide bonds. The fourth-order valence-electron chi connectivity index (χ4n) is 1.74. The van der Waals surface area contributed by atoms with Crippen LogP contribution in [-0.4, -0.2) is 27.9 Å². The molecule has 0 saturated heterocycles. The number of aliphatic carboxylic acids is 1. The van der Waals surface area contributed by atoms with Crippen molar-refractivity contribution in [1.82, 2.24) is 5.32 Å². The van der Waals surface area contributed by atoms with E-state index in [4.69, 9.17) is 11.6 Å². The smallest absolute Gasteiger partial charge is 0.326 e. The third-order valence-corrected chi connectivity index (χ3v) is 3.12. The zero-order valence-electron chi connectivity index (χ0n) is 11.7. The van der Waals surface area contributed by atoms with Crippen molar-refractivity contribution in [3.8, 4) is 0 Å². The van der Waals surface area contributed by atoms with Crippen LogP contribution in [0, 0.1) is 15.5 Å². The van der Waals surface area contributed by atoms with Gasteiger partial charge in [0.1, 0.15) is 11.6 Å². The number of nitro benzene ring substituents is 1. The normalized spacial score (nSPS) is 12.6. The summed E-state index contributed by atoms with van der Waals surface area (Å²) in [5.41, 5.74) is -1.59. The van der Waals surface area contributed by atoms with Crippen LogP contribution in [0.15, 0.2) is 18.2 Å². The lowest BCUT2D eigenvalue weighted by atomic mass is 9.86. The first-order valence-corrected chi connectivity index (χ1v) is 6.40. The molecule has 7 nitrogen and oxygen atoms in total. The molecule has 114 valence electrons. The maximum atomic E-state index is 12.2. The number of nitro groups is 1. The monoisotopic (exact) mass is 314 g/mol. The number of benzene rings is 1. The molecule has 0 fully saturated rings. The molecule has 0 unspecified atom stereocenters. The Labute approximate surface area is 126 Å². The number of carbonyl (C=O) groups is 2. The first-order valence-electron chi connectivity index (χ1n) is 6.02. The Morgan fingerprint density at radius 2 is 1.95 bits per heavy atom. The second-order valence-electron chi connectivity index (χ2n) is 5.50. The number of halogens is 1. The van der Waals surface area contributed by atoms with Crippen LogP contribution in [0.2, 0.25) is 5.02 Å². The van der Waals surface area contributed by atoms with E-state index in [0.29, 0.717) is 0 Å². The Hall–Kier alpha value is -2.15. The number of hydrogen-bond donors (Lipinski definition) is 2. The van der Waals surface area contributed by atoms with E-state index in [1.165, 1.54) is 12.1 Å². The summed E-state index contributed by atoms with van der Waals surface area (Å²) in [7, 11) is 0. The van der Waals surface area contributed by atoms with E-state index in [-0.39, 0.29) is 10.6 Å². The molecule has 1 aromatic carbocycles. The summed E-state index contributed by atoms with van der Waals surface area (Å²) in [4.78, 5) is 33.6. The molecular formula is C13H15ClN2O5. The average molecular weight is 315 g/mol. The van der Waals surface area contributed by atoms with Crippen LogP contribution in [0.4, 0.5) is 5.69 Å². The van der Waals surface area contributed by atoms with E-state index in [1.54, 1.807) is 20.8 Å². The molecule has 0 heterocycles. The number of amides is 1. The molecule has 0 aliphatic heterocycles. The number of nitrogens with one attached hydrogen (secondary N) is 1. The Balaban J connectivity index is 3.21. The lowest BCUT2D eigenvalue weighted by molar-refractivity contribution is -0.385. The van der Waals surface area contributed by atoms with Gasteiger partial charge in [0.2, 0.25) is 0 Å². The van der Waals surface area contributed by atoms with E-state index in [9.17, 15) is 24.8 Å². The van der Waals surface area contributed by atoms with Crippen LogP contribution >= 0.6 is 11.6 Å². The molecule has 0 aliphatic carbocycles. The summed E-state index contributed by atoms with van der Waals surface area (Å²) in [6, 6.07) is 2.60. The molecule has 0 spiro atoms. The molecule has 1 aromatic rings. The highest BCUT2D eigenvalue weighted by Gasteiger charge is 2.34. The quantitative estimate of drug-likeness (QED) is 0.655. The fourth-order valence-corrected chi connectivity index (χ4v) is 2.00. The zero-order valence-corrected chi connectivity index (χ0v) is 12.5. The predicted molar refractivity (Wildman–Crippen MR) is 76.5 cm³/mol. The second kappa shape index (κ2) is 6.09. The van der Waals surface area contributed by atoms with Gasteiger partial charge in [-0.05, 0) is 11.5 Å². The van der Waals surface area contributed by atoms with Crippen molar-refractivity contribution in [2.24, 2.45) is 5.41 Å². The Bertz CT molecular complexity index is 595. The summed E-state index contributed by atoms with van der Waals surface area (Å²) in [6.07, 6.45) is 0. The van der Waals surface area contributed by atoms with Gasteiger partial charge in [-0.15, -0.1) is 0 Å². The highest BCUT2D eigenvalue weighted by atomic mass is 35.5. The summed E-state index contributed by atoms with van der Waals surface area (Å²) >= 11 is 5.83. The van der Waals surface area contributed by atoms with Crippen molar-refractivity contribution < 1.29 is 19.6 Å². The van der Waals surface area contributed by atoms with E-state index in [2.05, 4.69) is 5.32 Å². The van der Waals surface area contributed by atoms with Gasteiger partial charge < -0.3 is 10.4 Å². The van der Waals surface area contributed by atoms with E-state index >= 15 is 0 Å². The molecule has 1 atom stereocenters. The van der Waals surface area contributed by atoms with Gasteiger partial charge >= 0.3 is 5.97 Å². The van der Waals surface area contributed by atoms with Crippen molar-refractivity contribution in [2.75, 3.05) is 0 Å². The number of carbonyl (C=O) groups excluding carboxylic acids is 1. The van der Waals surface area contributed by atoms with Crippen molar-refractivity contribution in [1.29, 1.82) is 0 Å². The van der Waals surface area contributed by atoms with Crippen molar-refractivity contribution in [3.05, 3.63) is 38.9 Å². The molecule has 0 radical (unpaired) electrons. The second-order valence-corrected chi connectivity index (χ2v) is 5.91. The number of carboxylic acids is 1. The molecule has 0 aliphatic rings. The topological polar surface area (TPSA) is 110 Å². The standard InChI is InChI=1S/C13H15ClN2O5/c1-13(2,3)10(12(18)19)15-11(17)9-7(14)5-4-6-8(9)16(20)21/h4-6,10H,1-3H3,(H,15,17)(H,18,19)/t10-/m1/s1. The van der Waals surface area contributed by atoms with Gasteiger partial charge in [-0.1, -0.05) is 38.4 Å². The van der Waals surface area contributed by atoms with Gasteiger partial charge in [0.05, 0.1) is 9.95 Å². The van der Waals surface area contributed by atoms with E-state index < -0.39 is 33.9 Å². The van der Waals surface area contributed by atoms with Crippen LogP contribution in [0.25, 0.3) is 0 Å². The fraction of sp³-hybridized carbons (Fsp3) is 0.385. The van der Waals surface area contributed by atoms with Crippen LogP contribution in [0.1, 0.15) is 31.1 Å². The van der Waals surface area contributed by atoms with Crippen LogP contribution in [0.3, 0.4) is 0 Å². The maximum Gasteiger partial charge on any atom is 0.326 e. The highest BCUT2D eigenvalue weighted by molar-refractivity contribution is 6.34. The summed E-state index contributed by atoms with van der Waals surface area (Å²) in [6.45, 7) is 4.90. The predicted octanol–water partition coefficient (Wildman–Crippen LogP) is 2.48. The first-order chi connectivity index (χ1) is 9.55. The van der Waals surface area contributed by atoms with Crippen molar-refractivity contribution in [3.63, 3.8) is 0 Å². The first kappa shape index (κ1) is 16.9. The summed E-state index contributed by atoms with van der Waals surface area (Å²) < 4.78 is 0. The lowest BCUT2D eigenvalue weighted by Crippen LogP contribution is -2.49. The van der Waals surface area contributed by atoms with Crippen molar-refractivity contribution >= 4 is 29.2 Å². The number of nitrogens with zero attached hydrogens (tertiary/aromatic N) is 1. The number of carboxylic acid groups (broad SMARTS) is 1. The Kier molecular flexibility index (Phi) is 4.90. The molecule has 0 bridgehead atoms. The zero-order chi connectivity index (χ0) is 16.4. The Morgan fingerprint density at radius 3 is 2.38 bits per heavy atom. The highest BCUT2D eigenvalue weighted by Crippen LogP contribution is 2.27. The van der Waals surface area contributed by atoms with E-state index in [0.717, 1.165) is 6.07 Å². The third-order valence-electron chi connectivity index (χ3n) is 2.80. The SMILES string of the molecule is CC(C)(C)[C@H](NC(=O)c1c(Cl)cccc1[N+](=O)[O-])C(=O)O. The average Bonchev–Trinajstić information content (AvgIpc) is 2.33.